The minimum atomic E-state index is 0.138. The molecule has 0 bridgehead atoms. The van der Waals surface area contributed by atoms with Crippen molar-refractivity contribution in [3.05, 3.63) is 32.7 Å². The molecule has 0 spiro atoms. The molecule has 8 heteroatoms. The largest absolute Gasteiger partial charge is 0.490 e. The summed E-state index contributed by atoms with van der Waals surface area (Å²) in [6, 6.07) is 3.28. The number of ether oxygens (including phenoxy) is 2. The first-order chi connectivity index (χ1) is 12.8. The summed E-state index contributed by atoms with van der Waals surface area (Å²) in [5, 5.41) is 4.85. The standard InChI is InChI=1S/C19H25Cl4NO3/c1-13(2)14(3)24-27-9-6-4-5-8-26-19-16(20)11-15(12-17(19)21)25-10-7-18(22)23/h7,11-13H,4-6,8-10H2,1-3H3. The first-order valence-corrected chi connectivity index (χ1v) is 10.2. The van der Waals surface area contributed by atoms with E-state index in [1.165, 1.54) is 6.08 Å². The molecule has 0 saturated heterocycles. The van der Waals surface area contributed by atoms with Crippen molar-refractivity contribution in [3.8, 4) is 11.5 Å². The predicted octanol–water partition coefficient (Wildman–Crippen LogP) is 7.29. The Morgan fingerprint density at radius 1 is 1.04 bits per heavy atom. The van der Waals surface area contributed by atoms with E-state index < -0.39 is 0 Å². The van der Waals surface area contributed by atoms with Crippen molar-refractivity contribution >= 4 is 52.1 Å². The zero-order chi connectivity index (χ0) is 20.2. The second-order valence-electron chi connectivity index (χ2n) is 6.15. The molecule has 4 nitrogen and oxygen atoms in total. The van der Waals surface area contributed by atoms with E-state index in [0.717, 1.165) is 25.0 Å². The first-order valence-electron chi connectivity index (χ1n) is 8.73. The minimum Gasteiger partial charge on any atom is -0.490 e. The average Bonchev–Trinajstić information content (AvgIpc) is 2.58. The van der Waals surface area contributed by atoms with Crippen molar-refractivity contribution in [1.82, 2.24) is 0 Å². The molecule has 0 saturated carbocycles. The van der Waals surface area contributed by atoms with E-state index in [1.807, 2.05) is 6.92 Å². The Morgan fingerprint density at radius 2 is 1.67 bits per heavy atom. The van der Waals surface area contributed by atoms with Gasteiger partial charge in [0.15, 0.2) is 5.75 Å². The quantitative estimate of drug-likeness (QED) is 0.188. The van der Waals surface area contributed by atoms with Crippen molar-refractivity contribution < 1.29 is 14.3 Å². The summed E-state index contributed by atoms with van der Waals surface area (Å²) in [7, 11) is 0. The second kappa shape index (κ2) is 13.4. The Balaban J connectivity index is 2.32. The number of hydrogen-bond acceptors (Lipinski definition) is 4. The van der Waals surface area contributed by atoms with Crippen molar-refractivity contribution in [3.63, 3.8) is 0 Å². The maximum absolute atomic E-state index is 6.22. The zero-order valence-corrected chi connectivity index (χ0v) is 18.8. The van der Waals surface area contributed by atoms with Crippen LogP contribution in [0.3, 0.4) is 0 Å². The van der Waals surface area contributed by atoms with Gasteiger partial charge in [-0.15, -0.1) is 0 Å². The van der Waals surface area contributed by atoms with Crippen molar-refractivity contribution in [2.45, 2.75) is 40.0 Å². The van der Waals surface area contributed by atoms with Crippen LogP contribution in [-0.4, -0.2) is 25.5 Å². The molecule has 0 heterocycles. The van der Waals surface area contributed by atoms with Crippen LogP contribution in [0.15, 0.2) is 27.9 Å². The van der Waals surface area contributed by atoms with Crippen LogP contribution >= 0.6 is 46.4 Å². The molecule has 0 atom stereocenters. The number of hydrogen-bond donors (Lipinski definition) is 0. The van der Waals surface area contributed by atoms with Crippen LogP contribution in [-0.2, 0) is 4.84 Å². The Bertz CT molecular complexity index is 621. The van der Waals surface area contributed by atoms with Gasteiger partial charge in [-0.25, -0.2) is 0 Å². The third-order valence-electron chi connectivity index (χ3n) is 3.63. The SMILES string of the molecule is CC(=NOCCCCCOc1c(Cl)cc(OCC=C(Cl)Cl)cc1Cl)C(C)C. The lowest BCUT2D eigenvalue weighted by atomic mass is 10.1. The lowest BCUT2D eigenvalue weighted by Crippen LogP contribution is -2.03. The Hall–Kier alpha value is -0.810. The van der Waals surface area contributed by atoms with E-state index in [1.54, 1.807) is 12.1 Å². The molecule has 1 rings (SSSR count). The zero-order valence-electron chi connectivity index (χ0n) is 15.7. The van der Waals surface area contributed by atoms with Gasteiger partial charge >= 0.3 is 0 Å². The van der Waals surface area contributed by atoms with Gasteiger partial charge in [0.1, 0.15) is 23.5 Å². The topological polar surface area (TPSA) is 40.0 Å². The van der Waals surface area contributed by atoms with Crippen molar-refractivity contribution in [2.75, 3.05) is 19.8 Å². The molecular formula is C19H25Cl4NO3. The van der Waals surface area contributed by atoms with Crippen LogP contribution in [0.5, 0.6) is 11.5 Å². The van der Waals surface area contributed by atoms with Gasteiger partial charge in [0.25, 0.3) is 0 Å². The van der Waals surface area contributed by atoms with E-state index >= 15 is 0 Å². The molecule has 0 N–H and O–H groups in total. The normalized spacial score (nSPS) is 11.5. The Morgan fingerprint density at radius 3 is 2.26 bits per heavy atom. The fourth-order valence-corrected chi connectivity index (χ4v) is 2.53. The highest BCUT2D eigenvalue weighted by Gasteiger charge is 2.10. The van der Waals surface area contributed by atoms with Gasteiger partial charge < -0.3 is 14.3 Å². The summed E-state index contributed by atoms with van der Waals surface area (Å²) in [4.78, 5) is 5.29. The summed E-state index contributed by atoms with van der Waals surface area (Å²) in [6.45, 7) is 7.46. The number of nitrogens with zero attached hydrogens (tertiary/aromatic N) is 1. The smallest absolute Gasteiger partial charge is 0.156 e. The molecule has 1 aromatic rings. The van der Waals surface area contributed by atoms with Gasteiger partial charge in [-0.2, -0.15) is 0 Å². The van der Waals surface area contributed by atoms with E-state index in [9.17, 15) is 0 Å². The maximum Gasteiger partial charge on any atom is 0.156 e. The molecule has 0 aliphatic rings. The van der Waals surface area contributed by atoms with Gasteiger partial charge in [-0.3, -0.25) is 0 Å². The van der Waals surface area contributed by atoms with Crippen molar-refractivity contribution in [1.29, 1.82) is 0 Å². The van der Waals surface area contributed by atoms with Crippen LogP contribution in [0.25, 0.3) is 0 Å². The van der Waals surface area contributed by atoms with Crippen molar-refractivity contribution in [2.24, 2.45) is 11.1 Å². The fourth-order valence-electron chi connectivity index (χ4n) is 1.83. The molecule has 0 unspecified atom stereocenters. The molecule has 0 aromatic heterocycles. The highest BCUT2D eigenvalue weighted by Crippen LogP contribution is 2.37. The lowest BCUT2D eigenvalue weighted by Gasteiger charge is -2.12. The molecule has 0 amide bonds. The molecule has 0 aliphatic heterocycles. The van der Waals surface area contributed by atoms with E-state index in [4.69, 9.17) is 60.7 Å². The number of benzene rings is 1. The summed E-state index contributed by atoms with van der Waals surface area (Å²) in [6.07, 6.45) is 4.25. The summed E-state index contributed by atoms with van der Waals surface area (Å²) >= 11 is 23.5. The summed E-state index contributed by atoms with van der Waals surface area (Å²) in [5.41, 5.74) is 0.997. The second-order valence-corrected chi connectivity index (χ2v) is 7.97. The van der Waals surface area contributed by atoms with Gasteiger partial charge in [0.2, 0.25) is 0 Å². The molecule has 0 fully saturated rings. The summed E-state index contributed by atoms with van der Waals surface area (Å²) in [5.74, 6) is 1.36. The molecule has 0 radical (unpaired) electrons. The molecule has 0 aliphatic carbocycles. The molecule has 27 heavy (non-hydrogen) atoms. The van der Waals surface area contributed by atoms with Crippen LogP contribution in [0.2, 0.25) is 10.0 Å². The maximum atomic E-state index is 6.22. The monoisotopic (exact) mass is 455 g/mol. The number of halogens is 4. The van der Waals surface area contributed by atoms with Crippen LogP contribution in [0, 0.1) is 5.92 Å². The van der Waals surface area contributed by atoms with Crippen LogP contribution in [0.4, 0.5) is 0 Å². The fraction of sp³-hybridized carbons (Fsp3) is 0.526. The van der Waals surface area contributed by atoms with Gasteiger partial charge in [-0.1, -0.05) is 65.4 Å². The van der Waals surface area contributed by atoms with Gasteiger partial charge in [0, 0.05) is 12.1 Å². The average molecular weight is 457 g/mol. The lowest BCUT2D eigenvalue weighted by molar-refractivity contribution is 0.137. The first kappa shape index (κ1) is 24.2. The van der Waals surface area contributed by atoms with E-state index in [2.05, 4.69) is 19.0 Å². The highest BCUT2D eigenvalue weighted by molar-refractivity contribution is 6.55. The number of oxime groups is 1. The van der Waals surface area contributed by atoms with Gasteiger partial charge in [0.05, 0.1) is 22.4 Å². The third kappa shape index (κ3) is 10.3. The molecule has 152 valence electrons. The van der Waals surface area contributed by atoms with Crippen LogP contribution in [0.1, 0.15) is 40.0 Å². The number of rotatable bonds is 12. The predicted molar refractivity (Wildman–Crippen MR) is 115 cm³/mol. The minimum absolute atomic E-state index is 0.138. The van der Waals surface area contributed by atoms with E-state index in [-0.39, 0.29) is 11.1 Å². The summed E-state index contributed by atoms with van der Waals surface area (Å²) < 4.78 is 11.3. The van der Waals surface area contributed by atoms with E-state index in [0.29, 0.717) is 40.7 Å². The Kier molecular flexibility index (Phi) is 12.0. The molecule has 1 aromatic carbocycles. The van der Waals surface area contributed by atoms with Crippen LogP contribution < -0.4 is 9.47 Å². The molecular weight excluding hydrogens is 432 g/mol. The highest BCUT2D eigenvalue weighted by atomic mass is 35.5. The number of unbranched alkanes of at least 4 members (excludes halogenated alkanes) is 2. The van der Waals surface area contributed by atoms with Gasteiger partial charge in [-0.05, 0) is 38.2 Å². The Labute approximate surface area is 181 Å². The third-order valence-corrected chi connectivity index (χ3v) is 4.50.